The molecule has 0 spiro atoms. The summed E-state index contributed by atoms with van der Waals surface area (Å²) in [7, 11) is 0. The van der Waals surface area contributed by atoms with Crippen LogP contribution in [0.2, 0.25) is 0 Å². The molecule has 6 heteroatoms. The number of imidazole rings is 1. The molecule has 0 amide bonds. The quantitative estimate of drug-likeness (QED) is 0.905. The molecule has 0 radical (unpaired) electrons. The third-order valence-corrected chi connectivity index (χ3v) is 3.26. The first-order valence-corrected chi connectivity index (χ1v) is 5.97. The molecule has 1 aromatic carbocycles. The van der Waals surface area contributed by atoms with Crippen molar-refractivity contribution in [2.45, 2.75) is 25.1 Å². The number of benzene rings is 1. The highest BCUT2D eigenvalue weighted by atomic mass is 19.4. The van der Waals surface area contributed by atoms with E-state index in [1.165, 1.54) is 18.5 Å². The number of hydrogen-bond donors (Lipinski definition) is 1. The van der Waals surface area contributed by atoms with Crippen molar-refractivity contribution in [1.82, 2.24) is 9.55 Å². The Morgan fingerprint density at radius 1 is 1.21 bits per heavy atom. The smallest absolute Gasteiger partial charge is 0.383 e. The second-order valence-corrected chi connectivity index (χ2v) is 4.66. The van der Waals surface area contributed by atoms with Gasteiger partial charge in [-0.25, -0.2) is 4.98 Å². The van der Waals surface area contributed by atoms with Crippen molar-refractivity contribution in [3.05, 3.63) is 36.2 Å². The van der Waals surface area contributed by atoms with Gasteiger partial charge >= 0.3 is 6.18 Å². The second-order valence-electron chi connectivity index (χ2n) is 4.66. The van der Waals surface area contributed by atoms with Crippen molar-refractivity contribution in [1.29, 1.82) is 0 Å². The largest absolute Gasteiger partial charge is 0.417 e. The third kappa shape index (κ3) is 2.07. The van der Waals surface area contributed by atoms with E-state index in [-0.39, 0.29) is 11.3 Å². The van der Waals surface area contributed by atoms with Crippen molar-refractivity contribution in [2.75, 3.05) is 5.73 Å². The van der Waals surface area contributed by atoms with E-state index >= 15 is 0 Å². The number of nitrogens with zero attached hydrogens (tertiary/aromatic N) is 2. The Kier molecular flexibility index (Phi) is 2.55. The molecule has 0 unspecified atom stereocenters. The molecular formula is C13H12F3N3. The zero-order valence-corrected chi connectivity index (χ0v) is 9.98. The minimum atomic E-state index is -4.41. The highest BCUT2D eigenvalue weighted by molar-refractivity contribution is 5.73. The van der Waals surface area contributed by atoms with Gasteiger partial charge < -0.3 is 10.3 Å². The first kappa shape index (κ1) is 12.1. The summed E-state index contributed by atoms with van der Waals surface area (Å²) < 4.78 is 40.7. The van der Waals surface area contributed by atoms with Crippen LogP contribution in [0.3, 0.4) is 0 Å². The van der Waals surface area contributed by atoms with E-state index in [1.54, 1.807) is 10.6 Å². The van der Waals surface area contributed by atoms with Gasteiger partial charge in [0.2, 0.25) is 0 Å². The Bertz CT molecular complexity index is 612. The van der Waals surface area contributed by atoms with Gasteiger partial charge in [0.15, 0.2) is 0 Å². The van der Waals surface area contributed by atoms with Crippen LogP contribution >= 0.6 is 0 Å². The monoisotopic (exact) mass is 267 g/mol. The van der Waals surface area contributed by atoms with E-state index in [0.717, 1.165) is 18.9 Å². The van der Waals surface area contributed by atoms with E-state index in [0.29, 0.717) is 11.9 Å². The number of alkyl halides is 3. The molecule has 0 aliphatic heterocycles. The van der Waals surface area contributed by atoms with E-state index in [9.17, 15) is 13.2 Å². The molecule has 1 aromatic heterocycles. The lowest BCUT2D eigenvalue weighted by Gasteiger charge is -2.12. The number of halogens is 3. The van der Waals surface area contributed by atoms with Gasteiger partial charge in [-0.3, -0.25) is 0 Å². The number of rotatable bonds is 2. The molecule has 19 heavy (non-hydrogen) atoms. The Balaban J connectivity index is 2.12. The number of nitrogen functional groups attached to an aromatic ring is 1. The van der Waals surface area contributed by atoms with Crippen LogP contribution in [0.15, 0.2) is 30.6 Å². The van der Waals surface area contributed by atoms with Crippen LogP contribution in [0.5, 0.6) is 0 Å². The summed E-state index contributed by atoms with van der Waals surface area (Å²) in [5.74, 6) is 0.305. The average Bonchev–Trinajstić information content (AvgIpc) is 3.12. The molecule has 1 fully saturated rings. The van der Waals surface area contributed by atoms with Gasteiger partial charge in [-0.05, 0) is 18.9 Å². The normalized spacial score (nSPS) is 15.7. The van der Waals surface area contributed by atoms with Crippen LogP contribution in [-0.2, 0) is 6.18 Å². The molecule has 0 atom stereocenters. The predicted octanol–water partition coefficient (Wildman–Crippen LogP) is 3.49. The fraction of sp³-hybridized carbons (Fsp3) is 0.308. The average molecular weight is 267 g/mol. The van der Waals surface area contributed by atoms with Crippen LogP contribution < -0.4 is 5.73 Å². The fourth-order valence-corrected chi connectivity index (χ4v) is 2.16. The highest BCUT2D eigenvalue weighted by Crippen LogP contribution is 2.42. The van der Waals surface area contributed by atoms with Crippen molar-refractivity contribution >= 4 is 5.82 Å². The van der Waals surface area contributed by atoms with Crippen molar-refractivity contribution in [3.8, 4) is 11.3 Å². The summed E-state index contributed by atoms with van der Waals surface area (Å²) in [6.45, 7) is 0. The number of aromatic nitrogens is 2. The summed E-state index contributed by atoms with van der Waals surface area (Å²) in [5, 5.41) is 0. The van der Waals surface area contributed by atoms with Gasteiger partial charge in [-0.15, -0.1) is 0 Å². The maximum Gasteiger partial charge on any atom is 0.417 e. The molecule has 0 bridgehead atoms. The summed E-state index contributed by atoms with van der Waals surface area (Å²) in [5.41, 5.74) is 5.46. The van der Waals surface area contributed by atoms with Crippen LogP contribution in [0.1, 0.15) is 24.4 Å². The molecule has 2 N–H and O–H groups in total. The molecule has 0 saturated heterocycles. The number of nitrogens with two attached hydrogens (primary N) is 1. The lowest BCUT2D eigenvalue weighted by molar-refractivity contribution is -0.137. The van der Waals surface area contributed by atoms with Crippen LogP contribution in [0.4, 0.5) is 19.0 Å². The third-order valence-electron chi connectivity index (χ3n) is 3.26. The fourth-order valence-electron chi connectivity index (χ4n) is 2.16. The molecular weight excluding hydrogens is 255 g/mol. The maximum atomic E-state index is 13.0. The lowest BCUT2D eigenvalue weighted by atomic mass is 10.0. The first-order valence-electron chi connectivity index (χ1n) is 5.97. The van der Waals surface area contributed by atoms with E-state index in [2.05, 4.69) is 4.98 Å². The standard InChI is InChI=1S/C13H12F3N3/c14-13(15,16)10-4-2-1-3-9(10)11-12(17)19(7-18-11)8-5-6-8/h1-4,7-8H,5-6,17H2. The first-order chi connectivity index (χ1) is 8.98. The summed E-state index contributed by atoms with van der Waals surface area (Å²) in [4.78, 5) is 4.06. The molecule has 1 aliphatic rings. The van der Waals surface area contributed by atoms with E-state index in [1.807, 2.05) is 0 Å². The molecule has 1 heterocycles. The van der Waals surface area contributed by atoms with Crippen LogP contribution in [0.25, 0.3) is 11.3 Å². The minimum absolute atomic E-state index is 0.0342. The van der Waals surface area contributed by atoms with E-state index < -0.39 is 11.7 Å². The van der Waals surface area contributed by atoms with Gasteiger partial charge in [0.05, 0.1) is 11.9 Å². The Hall–Kier alpha value is -1.98. The highest BCUT2D eigenvalue weighted by Gasteiger charge is 2.35. The van der Waals surface area contributed by atoms with Gasteiger partial charge in [0.1, 0.15) is 11.5 Å². The SMILES string of the molecule is Nc1c(-c2ccccc2C(F)(F)F)ncn1C1CC1. The second kappa shape index (κ2) is 4.01. The molecule has 1 aliphatic carbocycles. The van der Waals surface area contributed by atoms with Gasteiger partial charge in [0, 0.05) is 11.6 Å². The Morgan fingerprint density at radius 3 is 2.53 bits per heavy atom. The minimum Gasteiger partial charge on any atom is -0.383 e. The van der Waals surface area contributed by atoms with Crippen LogP contribution in [0, 0.1) is 0 Å². The van der Waals surface area contributed by atoms with Gasteiger partial charge in [-0.2, -0.15) is 13.2 Å². The zero-order chi connectivity index (χ0) is 13.6. The van der Waals surface area contributed by atoms with Gasteiger partial charge in [-0.1, -0.05) is 18.2 Å². The van der Waals surface area contributed by atoms with Crippen LogP contribution in [-0.4, -0.2) is 9.55 Å². The molecule has 100 valence electrons. The lowest BCUT2D eigenvalue weighted by Crippen LogP contribution is -2.08. The zero-order valence-electron chi connectivity index (χ0n) is 9.98. The molecule has 3 nitrogen and oxygen atoms in total. The molecule has 2 aromatic rings. The van der Waals surface area contributed by atoms with E-state index in [4.69, 9.17) is 5.73 Å². The van der Waals surface area contributed by atoms with Crippen molar-refractivity contribution < 1.29 is 13.2 Å². The predicted molar refractivity (Wildman–Crippen MR) is 65.3 cm³/mol. The maximum absolute atomic E-state index is 13.0. The number of anilines is 1. The Labute approximate surface area is 107 Å². The van der Waals surface area contributed by atoms with Crippen molar-refractivity contribution in [2.24, 2.45) is 0 Å². The van der Waals surface area contributed by atoms with Crippen molar-refractivity contribution in [3.63, 3.8) is 0 Å². The number of hydrogen-bond acceptors (Lipinski definition) is 2. The molecule has 1 saturated carbocycles. The summed E-state index contributed by atoms with van der Waals surface area (Å²) >= 11 is 0. The van der Waals surface area contributed by atoms with Gasteiger partial charge in [0.25, 0.3) is 0 Å². The Morgan fingerprint density at radius 2 is 1.89 bits per heavy atom. The summed E-state index contributed by atoms with van der Waals surface area (Å²) in [6, 6.07) is 5.66. The topological polar surface area (TPSA) is 43.8 Å². The summed E-state index contributed by atoms with van der Waals surface area (Å²) in [6.07, 6.45) is -0.885. The molecule has 3 rings (SSSR count).